The molecule has 0 aromatic heterocycles. The van der Waals surface area contributed by atoms with E-state index in [-0.39, 0.29) is 82.1 Å². The maximum atomic E-state index is 13.7. The van der Waals surface area contributed by atoms with Crippen LogP contribution < -0.4 is 0 Å². The van der Waals surface area contributed by atoms with Crippen LogP contribution in [0.15, 0.2) is 60.7 Å². The van der Waals surface area contributed by atoms with Gasteiger partial charge in [0.1, 0.15) is 23.8 Å². The van der Waals surface area contributed by atoms with Gasteiger partial charge in [-0.2, -0.15) is 0 Å². The first kappa shape index (κ1) is 59.7. The molecule has 2 aromatic carbocycles. The number of hydrogen-bond donors (Lipinski definition) is 1. The summed E-state index contributed by atoms with van der Waals surface area (Å²) in [7, 11) is 3.54. The highest BCUT2D eigenvalue weighted by Crippen LogP contribution is 2.71. The lowest BCUT2D eigenvalue weighted by atomic mass is 9.43. The molecule has 21 atom stereocenters. The minimum atomic E-state index is -0.383. The van der Waals surface area contributed by atoms with E-state index in [9.17, 15) is 24.3 Å². The van der Waals surface area contributed by atoms with Gasteiger partial charge in [0.25, 0.3) is 0 Å². The number of carbonyl (C=O) groups is 4. The lowest BCUT2D eigenvalue weighted by Crippen LogP contribution is -2.63. The van der Waals surface area contributed by atoms with Crippen LogP contribution in [0.5, 0.6) is 0 Å². The van der Waals surface area contributed by atoms with E-state index in [1.807, 2.05) is 60.7 Å². The van der Waals surface area contributed by atoms with Crippen LogP contribution in [-0.2, 0) is 38.0 Å². The topological polar surface area (TPSA) is 144 Å². The Labute approximate surface area is 479 Å². The van der Waals surface area contributed by atoms with Gasteiger partial charge in [0.05, 0.1) is 23.3 Å². The number of ether oxygens (including phenoxy) is 6. The van der Waals surface area contributed by atoms with E-state index in [0.29, 0.717) is 102 Å². The average molecular weight is 1110 g/mol. The second-order valence-corrected chi connectivity index (χ2v) is 28.3. The Morgan fingerprint density at radius 1 is 0.613 bits per heavy atom. The van der Waals surface area contributed by atoms with Crippen LogP contribution in [0.3, 0.4) is 0 Å². The molecule has 8 saturated carbocycles. The van der Waals surface area contributed by atoms with Crippen LogP contribution in [0.25, 0.3) is 0 Å². The van der Waals surface area contributed by atoms with Gasteiger partial charge in [-0.3, -0.25) is 9.59 Å². The number of esters is 2. The Kier molecular flexibility index (Phi) is 18.6. The maximum absolute atomic E-state index is 13.7. The first-order valence-electron chi connectivity index (χ1n) is 31.9. The number of benzene rings is 2. The highest BCUT2D eigenvalue weighted by Gasteiger charge is 2.69. The average Bonchev–Trinajstić information content (AvgIpc) is 4.18. The van der Waals surface area contributed by atoms with Crippen molar-refractivity contribution >= 4 is 23.5 Å². The summed E-state index contributed by atoms with van der Waals surface area (Å²) in [6.45, 7) is 16.7. The van der Waals surface area contributed by atoms with Crippen molar-refractivity contribution in [1.82, 2.24) is 0 Å². The molecule has 8 aliphatic carbocycles. The summed E-state index contributed by atoms with van der Waals surface area (Å²) in [5.41, 5.74) is 0.974. The summed E-state index contributed by atoms with van der Waals surface area (Å²) in [6, 6.07) is 18.9. The van der Waals surface area contributed by atoms with E-state index in [1.165, 1.54) is 0 Å². The van der Waals surface area contributed by atoms with Gasteiger partial charge in [0.15, 0.2) is 6.29 Å². The largest absolute Gasteiger partial charge is 0.458 e. The van der Waals surface area contributed by atoms with Crippen LogP contribution >= 0.6 is 0 Å². The summed E-state index contributed by atoms with van der Waals surface area (Å²) >= 11 is 0. The highest BCUT2D eigenvalue weighted by atomic mass is 16.7. The number of ketones is 2. The molecule has 442 valence electrons. The fourth-order valence-electron chi connectivity index (χ4n) is 20.4. The smallest absolute Gasteiger partial charge is 0.338 e. The molecule has 2 aromatic rings. The van der Waals surface area contributed by atoms with E-state index < -0.39 is 0 Å². The van der Waals surface area contributed by atoms with E-state index in [1.54, 1.807) is 14.2 Å². The third-order valence-corrected chi connectivity index (χ3v) is 24.6. The standard InChI is InChI=1S/C37H54O6.C32H46O5/c1-24(11-10-19-40-4)28-15-16-29-34-30(23-32(37(28,29)3)43-35(39)25-12-6-5-7-13-25)36(2)18-17-27(38)21-26(36)22-31(34)42-33-14-8-9-20-41-33;1-20(9-8-16-36-4)24-12-13-25-29-26(31(2)15-14-23(33)17-22(31)18-27(29)34)19-28(32(24,25)3)37-30(35)21-10-6-5-7-11-21/h5-7,12-13,24,26,28-34H,8-11,14-23H2,1-4H3;5-7,10-11,20,22,24-29,34H,8-9,12-19H2,1-4H3/t24?,26-,28?,29?,30?,31+,32-,33?,34?,36-,37+;20?,22-,24?,25?,26?,27+,28-,29?,31-,32+/m00/s1. The summed E-state index contributed by atoms with van der Waals surface area (Å²) in [4.78, 5) is 52.3. The Morgan fingerprint density at radius 3 is 1.56 bits per heavy atom. The van der Waals surface area contributed by atoms with E-state index >= 15 is 0 Å². The van der Waals surface area contributed by atoms with Crippen LogP contribution in [0, 0.1) is 92.7 Å². The van der Waals surface area contributed by atoms with E-state index in [4.69, 9.17) is 28.4 Å². The predicted molar refractivity (Wildman–Crippen MR) is 308 cm³/mol. The molecule has 1 saturated heterocycles. The van der Waals surface area contributed by atoms with Crippen LogP contribution in [-0.4, -0.2) is 93.4 Å². The first-order valence-corrected chi connectivity index (χ1v) is 31.9. The van der Waals surface area contributed by atoms with Gasteiger partial charge in [-0.25, -0.2) is 9.59 Å². The van der Waals surface area contributed by atoms with E-state index in [2.05, 4.69) is 41.5 Å². The van der Waals surface area contributed by atoms with Crippen LogP contribution in [0.2, 0.25) is 0 Å². The summed E-state index contributed by atoms with van der Waals surface area (Å²) in [6.07, 6.45) is 18.9. The molecular weight excluding hydrogens is 1000 g/mol. The van der Waals surface area contributed by atoms with Gasteiger partial charge in [-0.15, -0.1) is 0 Å². The van der Waals surface area contributed by atoms with Gasteiger partial charge in [-0.05, 0) is 215 Å². The summed E-state index contributed by atoms with van der Waals surface area (Å²) in [5.74, 6) is 4.67. The maximum Gasteiger partial charge on any atom is 0.338 e. The van der Waals surface area contributed by atoms with Crippen molar-refractivity contribution in [3.63, 3.8) is 0 Å². The molecule has 9 fully saturated rings. The minimum absolute atomic E-state index is 0.0126. The first-order chi connectivity index (χ1) is 38.4. The lowest BCUT2D eigenvalue weighted by molar-refractivity contribution is -0.258. The number of fused-ring (bicyclic) bond motifs is 10. The highest BCUT2D eigenvalue weighted by molar-refractivity contribution is 5.90. The molecule has 1 aliphatic heterocycles. The Hall–Kier alpha value is -3.48. The zero-order valence-electron chi connectivity index (χ0n) is 50.1. The molecule has 9 aliphatic rings. The zero-order valence-corrected chi connectivity index (χ0v) is 50.1. The number of aliphatic hydroxyl groups excluding tert-OH is 1. The molecule has 80 heavy (non-hydrogen) atoms. The predicted octanol–water partition coefficient (Wildman–Crippen LogP) is 13.7. The van der Waals surface area contributed by atoms with Crippen molar-refractivity contribution in [2.24, 2.45) is 92.7 Å². The van der Waals surface area contributed by atoms with Crippen LogP contribution in [0.4, 0.5) is 0 Å². The molecule has 0 amide bonds. The van der Waals surface area contributed by atoms with Crippen molar-refractivity contribution < 1.29 is 52.7 Å². The molecule has 0 spiro atoms. The van der Waals surface area contributed by atoms with Crippen molar-refractivity contribution in [2.45, 2.75) is 207 Å². The Balaban J connectivity index is 0.000000182. The zero-order chi connectivity index (χ0) is 56.6. The third-order valence-electron chi connectivity index (χ3n) is 24.6. The number of rotatable bonds is 16. The van der Waals surface area contributed by atoms with Crippen molar-refractivity contribution in [3.8, 4) is 0 Å². The monoisotopic (exact) mass is 1100 g/mol. The SMILES string of the molecule is COCCCC(C)C1CCC2C3C(C[C@H](OC(=O)c4ccccc4)[C@]12C)[C@@]1(C)CCC(=O)C[C@H]1C[C@H]3O.COCCCC(C)C1CCC2C3C(C[C@H](OC(=O)c4ccccc4)[C@]12C)[C@@]1(C)CCC(=O)C[C@H]1C[C@H]3OC1CCCCO1. The molecule has 1 N–H and O–H groups in total. The minimum Gasteiger partial charge on any atom is -0.458 e. The molecule has 11 nitrogen and oxygen atoms in total. The van der Waals surface area contributed by atoms with Gasteiger partial charge >= 0.3 is 11.9 Å². The van der Waals surface area contributed by atoms with Crippen molar-refractivity contribution in [1.29, 1.82) is 0 Å². The number of Topliss-reactive ketones (excluding diaryl/α,β-unsaturated/α-hetero) is 2. The molecule has 11 unspecified atom stereocenters. The summed E-state index contributed by atoms with van der Waals surface area (Å²) in [5, 5.41) is 11.6. The fraction of sp³-hybridized carbons (Fsp3) is 0.768. The molecule has 1 heterocycles. The van der Waals surface area contributed by atoms with Gasteiger partial charge in [0, 0.05) is 70.6 Å². The number of aliphatic hydroxyl groups is 1. The number of hydrogen-bond acceptors (Lipinski definition) is 11. The molecule has 0 bridgehead atoms. The fourth-order valence-corrected chi connectivity index (χ4v) is 20.4. The van der Waals surface area contributed by atoms with Crippen molar-refractivity contribution in [2.75, 3.05) is 34.0 Å². The second kappa shape index (κ2) is 25.0. The van der Waals surface area contributed by atoms with E-state index in [0.717, 1.165) is 129 Å². The second-order valence-electron chi connectivity index (χ2n) is 28.3. The van der Waals surface area contributed by atoms with Gasteiger partial charge < -0.3 is 33.5 Å². The normalized spacial score (nSPS) is 41.7. The lowest BCUT2D eigenvalue weighted by Gasteiger charge is -2.64. The Morgan fingerprint density at radius 2 is 1.09 bits per heavy atom. The number of carbonyl (C=O) groups excluding carboxylic acids is 4. The quantitative estimate of drug-likeness (QED) is 0.0974. The summed E-state index contributed by atoms with van der Waals surface area (Å²) < 4.78 is 37.1. The molecular formula is C69H100O11. The molecule has 0 radical (unpaired) electrons. The van der Waals surface area contributed by atoms with Crippen molar-refractivity contribution in [3.05, 3.63) is 71.8 Å². The van der Waals surface area contributed by atoms with Crippen LogP contribution in [0.1, 0.15) is 197 Å². The van der Waals surface area contributed by atoms with Gasteiger partial charge in [-0.1, -0.05) is 77.9 Å². The number of methoxy groups -OCH3 is 2. The molecule has 11 rings (SSSR count). The third kappa shape index (κ3) is 11.3. The van der Waals surface area contributed by atoms with Gasteiger partial charge in [0.2, 0.25) is 0 Å². The Bertz CT molecular complexity index is 2420. The molecule has 11 heteroatoms.